The number of hydrogen-bond donors (Lipinski definition) is 0. The Morgan fingerprint density at radius 3 is 2.80 bits per heavy atom. The zero-order valence-electron chi connectivity index (χ0n) is 5.27. The quantitative estimate of drug-likeness (QED) is 0.681. The first kappa shape index (κ1) is 7.82. The summed E-state index contributed by atoms with van der Waals surface area (Å²) in [6, 6.07) is 3.39. The van der Waals surface area contributed by atoms with Crippen molar-refractivity contribution in [3.05, 3.63) is 21.9 Å². The molecule has 1 aromatic rings. The van der Waals surface area contributed by atoms with Crippen LogP contribution in [0.4, 0.5) is 0 Å². The highest BCUT2D eigenvalue weighted by Crippen LogP contribution is 2.20. The van der Waals surface area contributed by atoms with Crippen molar-refractivity contribution in [1.29, 1.82) is 0 Å². The number of nitrogens with zero attached hydrogens (tertiary/aromatic N) is 1. The van der Waals surface area contributed by atoms with Crippen LogP contribution in [0.25, 0.3) is 0 Å². The SMILES string of the molecule is COc1cc(Cl)nc(Br)c1. The van der Waals surface area contributed by atoms with Crippen molar-refractivity contribution in [3.63, 3.8) is 0 Å². The predicted molar refractivity (Wildman–Crippen MR) is 43.5 cm³/mol. The molecule has 0 spiro atoms. The Kier molecular flexibility index (Phi) is 2.51. The molecule has 0 amide bonds. The Hall–Kier alpha value is -0.280. The first-order chi connectivity index (χ1) is 4.72. The van der Waals surface area contributed by atoms with Crippen molar-refractivity contribution in [2.75, 3.05) is 7.11 Å². The molecule has 0 fully saturated rings. The van der Waals surface area contributed by atoms with E-state index in [1.807, 2.05) is 0 Å². The molecule has 0 N–H and O–H groups in total. The van der Waals surface area contributed by atoms with E-state index >= 15 is 0 Å². The van der Waals surface area contributed by atoms with E-state index in [1.165, 1.54) is 0 Å². The number of hydrogen-bond acceptors (Lipinski definition) is 2. The van der Waals surface area contributed by atoms with Gasteiger partial charge in [-0.3, -0.25) is 0 Å². The normalized spacial score (nSPS) is 9.50. The van der Waals surface area contributed by atoms with E-state index < -0.39 is 0 Å². The van der Waals surface area contributed by atoms with Gasteiger partial charge in [0, 0.05) is 12.1 Å². The summed E-state index contributed by atoms with van der Waals surface area (Å²) in [6.45, 7) is 0. The van der Waals surface area contributed by atoms with Crippen LogP contribution in [0.2, 0.25) is 5.15 Å². The Balaban J connectivity index is 3.06. The fraction of sp³-hybridized carbons (Fsp3) is 0.167. The average Bonchev–Trinajstić information content (AvgIpc) is 1.85. The maximum Gasteiger partial charge on any atom is 0.134 e. The van der Waals surface area contributed by atoms with E-state index in [2.05, 4.69) is 20.9 Å². The highest BCUT2D eigenvalue weighted by atomic mass is 79.9. The smallest absolute Gasteiger partial charge is 0.134 e. The maximum atomic E-state index is 5.61. The van der Waals surface area contributed by atoms with Gasteiger partial charge in [0.25, 0.3) is 0 Å². The second kappa shape index (κ2) is 3.21. The van der Waals surface area contributed by atoms with Crippen LogP contribution in [-0.2, 0) is 0 Å². The van der Waals surface area contributed by atoms with Gasteiger partial charge in [-0.1, -0.05) is 11.6 Å². The van der Waals surface area contributed by atoms with Gasteiger partial charge >= 0.3 is 0 Å². The third-order valence-corrected chi connectivity index (χ3v) is 1.57. The largest absolute Gasteiger partial charge is 0.497 e. The van der Waals surface area contributed by atoms with Gasteiger partial charge in [-0.15, -0.1) is 0 Å². The summed E-state index contributed by atoms with van der Waals surface area (Å²) in [5.74, 6) is 0.701. The summed E-state index contributed by atoms with van der Waals surface area (Å²) in [5, 5.41) is 0.422. The van der Waals surface area contributed by atoms with Crippen LogP contribution in [0.15, 0.2) is 16.7 Å². The highest BCUT2D eigenvalue weighted by Gasteiger charge is 1.96. The molecule has 0 atom stereocenters. The molecule has 1 heterocycles. The molecule has 0 aromatic carbocycles. The topological polar surface area (TPSA) is 22.1 Å². The predicted octanol–water partition coefficient (Wildman–Crippen LogP) is 2.51. The van der Waals surface area contributed by atoms with Crippen LogP contribution in [-0.4, -0.2) is 12.1 Å². The van der Waals surface area contributed by atoms with Crippen LogP contribution in [0.5, 0.6) is 5.75 Å². The summed E-state index contributed by atoms with van der Waals surface area (Å²) < 4.78 is 5.60. The molecule has 10 heavy (non-hydrogen) atoms. The van der Waals surface area contributed by atoms with Gasteiger partial charge in [0.2, 0.25) is 0 Å². The Morgan fingerprint density at radius 2 is 2.30 bits per heavy atom. The molecule has 54 valence electrons. The third-order valence-electron chi connectivity index (χ3n) is 0.972. The Morgan fingerprint density at radius 1 is 1.60 bits per heavy atom. The molecule has 0 bridgehead atoms. The lowest BCUT2D eigenvalue weighted by Gasteiger charge is -1.98. The minimum absolute atomic E-state index is 0.422. The average molecular weight is 222 g/mol. The van der Waals surface area contributed by atoms with Crippen molar-refractivity contribution in [2.24, 2.45) is 0 Å². The molecule has 0 radical (unpaired) electrons. The zero-order valence-corrected chi connectivity index (χ0v) is 7.61. The Labute approximate surface area is 72.3 Å². The fourth-order valence-corrected chi connectivity index (χ4v) is 1.28. The van der Waals surface area contributed by atoms with Crippen molar-refractivity contribution >= 4 is 27.5 Å². The number of rotatable bonds is 1. The van der Waals surface area contributed by atoms with Crippen LogP contribution >= 0.6 is 27.5 Å². The number of halogens is 2. The number of pyridine rings is 1. The lowest BCUT2D eigenvalue weighted by Crippen LogP contribution is -1.84. The van der Waals surface area contributed by atoms with Crippen LogP contribution in [0.1, 0.15) is 0 Å². The lowest BCUT2D eigenvalue weighted by atomic mass is 10.5. The van der Waals surface area contributed by atoms with E-state index in [-0.39, 0.29) is 0 Å². The van der Waals surface area contributed by atoms with E-state index in [4.69, 9.17) is 16.3 Å². The molecule has 0 aliphatic carbocycles. The zero-order chi connectivity index (χ0) is 7.56. The van der Waals surface area contributed by atoms with Gasteiger partial charge in [0.15, 0.2) is 0 Å². The van der Waals surface area contributed by atoms with Crippen molar-refractivity contribution in [1.82, 2.24) is 4.98 Å². The van der Waals surface area contributed by atoms with Gasteiger partial charge < -0.3 is 4.74 Å². The highest BCUT2D eigenvalue weighted by molar-refractivity contribution is 9.10. The summed E-state index contributed by atoms with van der Waals surface area (Å²) in [4.78, 5) is 3.88. The number of methoxy groups -OCH3 is 1. The van der Waals surface area contributed by atoms with Gasteiger partial charge in [0.05, 0.1) is 7.11 Å². The summed E-state index contributed by atoms with van der Waals surface area (Å²) in [7, 11) is 1.58. The van der Waals surface area contributed by atoms with Crippen LogP contribution in [0.3, 0.4) is 0 Å². The molecule has 1 rings (SSSR count). The van der Waals surface area contributed by atoms with Gasteiger partial charge in [-0.05, 0) is 15.9 Å². The van der Waals surface area contributed by atoms with Crippen LogP contribution < -0.4 is 4.74 Å². The van der Waals surface area contributed by atoms with E-state index in [0.29, 0.717) is 15.5 Å². The van der Waals surface area contributed by atoms with Gasteiger partial charge in [-0.2, -0.15) is 0 Å². The second-order valence-electron chi connectivity index (χ2n) is 1.65. The van der Waals surface area contributed by atoms with E-state index in [0.717, 1.165) is 0 Å². The van der Waals surface area contributed by atoms with E-state index in [1.54, 1.807) is 19.2 Å². The molecular weight excluding hydrogens is 217 g/mol. The summed E-state index contributed by atoms with van der Waals surface area (Å²) >= 11 is 8.79. The summed E-state index contributed by atoms with van der Waals surface area (Å²) in [6.07, 6.45) is 0. The number of aromatic nitrogens is 1. The van der Waals surface area contributed by atoms with Crippen molar-refractivity contribution in [2.45, 2.75) is 0 Å². The molecule has 0 saturated heterocycles. The minimum Gasteiger partial charge on any atom is -0.497 e. The monoisotopic (exact) mass is 221 g/mol. The standard InChI is InChI=1S/C6H5BrClNO/c1-10-4-2-5(7)9-6(8)3-4/h2-3H,1H3. The second-order valence-corrected chi connectivity index (χ2v) is 2.85. The molecule has 0 saturated carbocycles. The van der Waals surface area contributed by atoms with Gasteiger partial charge in [0.1, 0.15) is 15.5 Å². The Bertz CT molecular complexity index is 221. The molecular formula is C6H5BrClNO. The van der Waals surface area contributed by atoms with Crippen molar-refractivity contribution in [3.8, 4) is 5.75 Å². The lowest BCUT2D eigenvalue weighted by molar-refractivity contribution is 0.414. The van der Waals surface area contributed by atoms with Gasteiger partial charge in [-0.25, -0.2) is 4.98 Å². The fourth-order valence-electron chi connectivity index (χ4n) is 0.561. The molecule has 0 aliphatic rings. The minimum atomic E-state index is 0.422. The molecule has 0 aliphatic heterocycles. The molecule has 1 aromatic heterocycles. The first-order valence-electron chi connectivity index (χ1n) is 2.59. The third kappa shape index (κ3) is 1.85. The number of ether oxygens (including phenoxy) is 1. The molecule has 0 unspecified atom stereocenters. The maximum absolute atomic E-state index is 5.61. The van der Waals surface area contributed by atoms with Crippen LogP contribution in [0, 0.1) is 0 Å². The first-order valence-corrected chi connectivity index (χ1v) is 3.76. The molecule has 2 nitrogen and oxygen atoms in total. The van der Waals surface area contributed by atoms with Crippen molar-refractivity contribution < 1.29 is 4.74 Å². The summed E-state index contributed by atoms with van der Waals surface area (Å²) in [5.41, 5.74) is 0. The molecule has 4 heteroatoms. The van der Waals surface area contributed by atoms with E-state index in [9.17, 15) is 0 Å².